The summed E-state index contributed by atoms with van der Waals surface area (Å²) in [6.45, 7) is 3.73. The first-order chi connectivity index (χ1) is 9.40. The van der Waals surface area contributed by atoms with Crippen LogP contribution in [0.2, 0.25) is 0 Å². The molecule has 0 fully saturated rings. The minimum atomic E-state index is -0.767. The Morgan fingerprint density at radius 2 is 1.90 bits per heavy atom. The molecular weight excluding hydrogens is 323 g/mol. The number of amides is 1. The van der Waals surface area contributed by atoms with Crippen LogP contribution in [0.5, 0.6) is 0 Å². The molecule has 0 atom stereocenters. The molecule has 2 rings (SSSR count). The van der Waals surface area contributed by atoms with Crippen molar-refractivity contribution >= 4 is 21.8 Å². The summed E-state index contributed by atoms with van der Waals surface area (Å²) >= 11 is 3.36. The minimum Gasteiger partial charge on any atom is -0.343 e. The van der Waals surface area contributed by atoms with Crippen LogP contribution in [0.25, 0.3) is 0 Å². The van der Waals surface area contributed by atoms with E-state index in [0.29, 0.717) is 0 Å². The van der Waals surface area contributed by atoms with Gasteiger partial charge in [0.2, 0.25) is 5.95 Å². The maximum absolute atomic E-state index is 13.5. The first kappa shape index (κ1) is 14.7. The molecular formula is C15H14BrFN2O. The summed E-state index contributed by atoms with van der Waals surface area (Å²) in [5, 5.41) is 2.81. The Kier molecular flexibility index (Phi) is 4.18. The van der Waals surface area contributed by atoms with E-state index < -0.39 is 17.4 Å². The molecule has 0 radical (unpaired) electrons. The normalized spacial score (nSPS) is 11.2. The Morgan fingerprint density at radius 1 is 1.25 bits per heavy atom. The number of hydrogen-bond donors (Lipinski definition) is 1. The first-order valence-electron chi connectivity index (χ1n) is 6.09. The van der Waals surface area contributed by atoms with Crippen molar-refractivity contribution in [2.75, 3.05) is 0 Å². The molecule has 0 aliphatic carbocycles. The average Bonchev–Trinajstić information content (AvgIpc) is 2.39. The zero-order valence-corrected chi connectivity index (χ0v) is 12.7. The smallest absolute Gasteiger partial charge is 0.256 e. The Balaban J connectivity index is 2.22. The monoisotopic (exact) mass is 336 g/mol. The molecule has 0 bridgehead atoms. The highest BCUT2D eigenvalue weighted by atomic mass is 79.9. The Hall–Kier alpha value is -1.75. The van der Waals surface area contributed by atoms with Gasteiger partial charge in [0.15, 0.2) is 0 Å². The van der Waals surface area contributed by atoms with Crippen molar-refractivity contribution in [1.82, 2.24) is 10.3 Å². The number of carbonyl (C=O) groups excluding carboxylic acids is 1. The van der Waals surface area contributed by atoms with Crippen LogP contribution >= 0.6 is 15.9 Å². The van der Waals surface area contributed by atoms with E-state index in [2.05, 4.69) is 26.2 Å². The fourth-order valence-corrected chi connectivity index (χ4v) is 2.11. The molecule has 5 heteroatoms. The van der Waals surface area contributed by atoms with Gasteiger partial charge in [-0.2, -0.15) is 4.39 Å². The zero-order chi connectivity index (χ0) is 14.8. The number of nitrogens with zero attached hydrogens (tertiary/aromatic N) is 1. The standard InChI is InChI=1S/C15H14BrFN2O/c1-15(2,10-5-7-11(16)8-6-10)19-14(20)12-4-3-9-18-13(12)17/h3-9H,1-2H3,(H,19,20). The van der Waals surface area contributed by atoms with Crippen molar-refractivity contribution < 1.29 is 9.18 Å². The summed E-state index contributed by atoms with van der Waals surface area (Å²) in [6.07, 6.45) is 1.31. The van der Waals surface area contributed by atoms with Gasteiger partial charge in [-0.15, -0.1) is 0 Å². The van der Waals surface area contributed by atoms with Crippen molar-refractivity contribution in [3.8, 4) is 0 Å². The second-order valence-corrected chi connectivity index (χ2v) is 5.84. The maximum atomic E-state index is 13.5. The molecule has 3 nitrogen and oxygen atoms in total. The van der Waals surface area contributed by atoms with Crippen molar-refractivity contribution in [2.45, 2.75) is 19.4 Å². The van der Waals surface area contributed by atoms with E-state index >= 15 is 0 Å². The lowest BCUT2D eigenvalue weighted by atomic mass is 9.94. The number of pyridine rings is 1. The van der Waals surface area contributed by atoms with E-state index in [0.717, 1.165) is 10.0 Å². The summed E-state index contributed by atoms with van der Waals surface area (Å²) in [5.41, 5.74) is 0.260. The molecule has 104 valence electrons. The molecule has 0 aliphatic rings. The highest BCUT2D eigenvalue weighted by molar-refractivity contribution is 9.10. The second kappa shape index (κ2) is 5.71. The molecule has 1 aromatic heterocycles. The average molecular weight is 337 g/mol. The summed E-state index contributed by atoms with van der Waals surface area (Å²) in [5.74, 6) is -1.25. The Morgan fingerprint density at radius 3 is 2.50 bits per heavy atom. The molecule has 1 aromatic carbocycles. The van der Waals surface area contributed by atoms with Gasteiger partial charge < -0.3 is 5.32 Å². The minimum absolute atomic E-state index is 0.0577. The van der Waals surface area contributed by atoms with Gasteiger partial charge in [-0.3, -0.25) is 4.79 Å². The molecule has 1 N–H and O–H groups in total. The quantitative estimate of drug-likeness (QED) is 0.869. The molecule has 2 aromatic rings. The third-order valence-electron chi connectivity index (χ3n) is 3.00. The van der Waals surface area contributed by atoms with Crippen LogP contribution in [-0.4, -0.2) is 10.9 Å². The van der Waals surface area contributed by atoms with Gasteiger partial charge in [-0.05, 0) is 43.7 Å². The topological polar surface area (TPSA) is 42.0 Å². The number of nitrogens with one attached hydrogen (secondary N) is 1. The van der Waals surface area contributed by atoms with Gasteiger partial charge in [0.1, 0.15) is 0 Å². The predicted octanol–water partition coefficient (Wildman–Crippen LogP) is 3.65. The predicted molar refractivity (Wildman–Crippen MR) is 78.8 cm³/mol. The molecule has 0 saturated carbocycles. The van der Waals surface area contributed by atoms with Crippen LogP contribution in [0.4, 0.5) is 4.39 Å². The van der Waals surface area contributed by atoms with E-state index in [1.807, 2.05) is 38.1 Å². The van der Waals surface area contributed by atoms with Gasteiger partial charge in [-0.1, -0.05) is 28.1 Å². The number of carbonyl (C=O) groups is 1. The molecule has 0 saturated heterocycles. The number of halogens is 2. The van der Waals surface area contributed by atoms with Crippen molar-refractivity contribution in [1.29, 1.82) is 0 Å². The third kappa shape index (κ3) is 3.22. The number of benzene rings is 1. The van der Waals surface area contributed by atoms with Crippen molar-refractivity contribution in [3.05, 3.63) is 64.1 Å². The third-order valence-corrected chi connectivity index (χ3v) is 3.52. The van der Waals surface area contributed by atoms with Crippen LogP contribution in [-0.2, 0) is 5.54 Å². The Labute approximate surface area is 125 Å². The summed E-state index contributed by atoms with van der Waals surface area (Å²) < 4.78 is 14.5. The largest absolute Gasteiger partial charge is 0.343 e. The van der Waals surface area contributed by atoms with E-state index in [9.17, 15) is 9.18 Å². The number of hydrogen-bond acceptors (Lipinski definition) is 2. The molecule has 1 heterocycles. The van der Waals surface area contributed by atoms with E-state index in [1.165, 1.54) is 18.3 Å². The Bertz CT molecular complexity index is 626. The fraction of sp³-hybridized carbons (Fsp3) is 0.200. The highest BCUT2D eigenvalue weighted by Crippen LogP contribution is 2.22. The van der Waals surface area contributed by atoms with Gasteiger partial charge in [-0.25, -0.2) is 4.98 Å². The van der Waals surface area contributed by atoms with Crippen LogP contribution in [0.3, 0.4) is 0 Å². The van der Waals surface area contributed by atoms with Gasteiger partial charge in [0, 0.05) is 10.7 Å². The number of aromatic nitrogens is 1. The molecule has 0 unspecified atom stereocenters. The van der Waals surface area contributed by atoms with Gasteiger partial charge in [0.05, 0.1) is 11.1 Å². The summed E-state index contributed by atoms with van der Waals surface area (Å²) in [6, 6.07) is 10.6. The van der Waals surface area contributed by atoms with Crippen LogP contribution < -0.4 is 5.32 Å². The van der Waals surface area contributed by atoms with Gasteiger partial charge in [0.25, 0.3) is 5.91 Å². The SMILES string of the molecule is CC(C)(NC(=O)c1cccnc1F)c1ccc(Br)cc1. The fourth-order valence-electron chi connectivity index (χ4n) is 1.85. The lowest BCUT2D eigenvalue weighted by Gasteiger charge is -2.27. The lowest BCUT2D eigenvalue weighted by Crippen LogP contribution is -2.41. The van der Waals surface area contributed by atoms with E-state index in [-0.39, 0.29) is 5.56 Å². The molecule has 0 spiro atoms. The van der Waals surface area contributed by atoms with E-state index in [1.54, 1.807) is 0 Å². The molecule has 0 aliphatic heterocycles. The summed E-state index contributed by atoms with van der Waals surface area (Å²) in [4.78, 5) is 15.6. The first-order valence-corrected chi connectivity index (χ1v) is 6.88. The zero-order valence-electron chi connectivity index (χ0n) is 11.2. The second-order valence-electron chi connectivity index (χ2n) is 4.93. The van der Waals surface area contributed by atoms with Crippen LogP contribution in [0.15, 0.2) is 47.1 Å². The van der Waals surface area contributed by atoms with Crippen molar-refractivity contribution in [3.63, 3.8) is 0 Å². The maximum Gasteiger partial charge on any atom is 0.256 e. The lowest BCUT2D eigenvalue weighted by molar-refractivity contribution is 0.0907. The summed E-state index contributed by atoms with van der Waals surface area (Å²) in [7, 11) is 0. The van der Waals surface area contributed by atoms with Gasteiger partial charge >= 0.3 is 0 Å². The van der Waals surface area contributed by atoms with Crippen molar-refractivity contribution in [2.24, 2.45) is 0 Å². The molecule has 20 heavy (non-hydrogen) atoms. The molecule has 1 amide bonds. The highest BCUT2D eigenvalue weighted by Gasteiger charge is 2.24. The van der Waals surface area contributed by atoms with Crippen LogP contribution in [0, 0.1) is 5.95 Å². The van der Waals surface area contributed by atoms with E-state index in [4.69, 9.17) is 0 Å². The number of rotatable bonds is 3. The van der Waals surface area contributed by atoms with Crippen LogP contribution in [0.1, 0.15) is 29.8 Å².